The van der Waals surface area contributed by atoms with E-state index in [-0.39, 0.29) is 10.9 Å². The largest absolute Gasteiger partial charge is 0.299 e. The highest BCUT2D eigenvalue weighted by molar-refractivity contribution is 7.89. The Balaban J connectivity index is 1.99. The number of sulfonamides is 1. The van der Waals surface area contributed by atoms with Gasteiger partial charge in [-0.25, -0.2) is 17.5 Å². The van der Waals surface area contributed by atoms with Crippen molar-refractivity contribution < 1.29 is 12.8 Å². The molecule has 0 radical (unpaired) electrons. The Morgan fingerprint density at radius 2 is 2.09 bits per heavy atom. The first-order valence-corrected chi connectivity index (χ1v) is 9.51. The van der Waals surface area contributed by atoms with Crippen LogP contribution in [0.2, 0.25) is 0 Å². The minimum absolute atomic E-state index is 0.210. The SMILES string of the molecule is CCCCN1CCCC[C@@H]1CNS(=O)(=O)c1ccccc1F. The van der Waals surface area contributed by atoms with Crippen LogP contribution in [0.3, 0.4) is 0 Å². The van der Waals surface area contributed by atoms with Crippen LogP contribution in [0.25, 0.3) is 0 Å². The van der Waals surface area contributed by atoms with Crippen LogP contribution in [0.5, 0.6) is 0 Å². The molecule has 1 N–H and O–H groups in total. The van der Waals surface area contributed by atoms with Gasteiger partial charge < -0.3 is 0 Å². The summed E-state index contributed by atoms with van der Waals surface area (Å²) in [5, 5.41) is 0. The summed E-state index contributed by atoms with van der Waals surface area (Å²) in [6.45, 7) is 4.52. The number of nitrogens with one attached hydrogen (secondary N) is 1. The van der Waals surface area contributed by atoms with E-state index in [4.69, 9.17) is 0 Å². The molecule has 0 spiro atoms. The van der Waals surface area contributed by atoms with Gasteiger partial charge in [0.25, 0.3) is 0 Å². The van der Waals surface area contributed by atoms with Gasteiger partial charge in [-0.1, -0.05) is 31.9 Å². The molecule has 0 aromatic heterocycles. The van der Waals surface area contributed by atoms with Gasteiger partial charge in [-0.05, 0) is 44.5 Å². The fourth-order valence-corrected chi connectivity index (χ4v) is 4.04. The van der Waals surface area contributed by atoms with Crippen molar-refractivity contribution in [2.75, 3.05) is 19.6 Å². The zero-order valence-corrected chi connectivity index (χ0v) is 13.9. The fraction of sp³-hybridized carbons (Fsp3) is 0.625. The van der Waals surface area contributed by atoms with Crippen molar-refractivity contribution in [1.82, 2.24) is 9.62 Å². The smallest absolute Gasteiger partial charge is 0.243 e. The van der Waals surface area contributed by atoms with E-state index >= 15 is 0 Å². The minimum Gasteiger partial charge on any atom is -0.299 e. The average Bonchev–Trinajstić information content (AvgIpc) is 2.52. The fourth-order valence-electron chi connectivity index (χ4n) is 2.89. The Morgan fingerprint density at radius 1 is 1.32 bits per heavy atom. The van der Waals surface area contributed by atoms with E-state index in [9.17, 15) is 12.8 Å². The second-order valence-corrected chi connectivity index (χ2v) is 7.56. The number of hydrogen-bond donors (Lipinski definition) is 1. The van der Waals surface area contributed by atoms with Crippen molar-refractivity contribution in [1.29, 1.82) is 0 Å². The normalized spacial score (nSPS) is 20.2. The number of rotatable bonds is 7. The van der Waals surface area contributed by atoms with E-state index in [1.54, 1.807) is 0 Å². The van der Waals surface area contributed by atoms with Crippen LogP contribution >= 0.6 is 0 Å². The molecule has 0 bridgehead atoms. The number of piperidine rings is 1. The van der Waals surface area contributed by atoms with Crippen LogP contribution < -0.4 is 4.72 Å². The van der Waals surface area contributed by atoms with Crippen molar-refractivity contribution in [2.45, 2.75) is 50.0 Å². The van der Waals surface area contributed by atoms with E-state index in [0.717, 1.165) is 38.8 Å². The lowest BCUT2D eigenvalue weighted by Crippen LogP contribution is -2.47. The Morgan fingerprint density at radius 3 is 2.82 bits per heavy atom. The molecule has 22 heavy (non-hydrogen) atoms. The minimum atomic E-state index is -3.79. The number of hydrogen-bond acceptors (Lipinski definition) is 3. The predicted molar refractivity (Wildman–Crippen MR) is 85.7 cm³/mol. The summed E-state index contributed by atoms with van der Waals surface area (Å²) in [6, 6.07) is 5.70. The van der Waals surface area contributed by atoms with Gasteiger partial charge in [0, 0.05) is 12.6 Å². The second kappa shape index (κ2) is 8.04. The van der Waals surface area contributed by atoms with Crippen LogP contribution in [0.15, 0.2) is 29.2 Å². The third kappa shape index (κ3) is 4.51. The quantitative estimate of drug-likeness (QED) is 0.837. The zero-order valence-electron chi connectivity index (χ0n) is 13.1. The van der Waals surface area contributed by atoms with Crippen molar-refractivity contribution in [3.63, 3.8) is 0 Å². The Labute approximate surface area is 132 Å². The lowest BCUT2D eigenvalue weighted by Gasteiger charge is -2.35. The molecule has 1 aromatic carbocycles. The van der Waals surface area contributed by atoms with Gasteiger partial charge in [-0.3, -0.25) is 4.90 Å². The highest BCUT2D eigenvalue weighted by Gasteiger charge is 2.25. The maximum absolute atomic E-state index is 13.7. The molecule has 1 fully saturated rings. The van der Waals surface area contributed by atoms with Gasteiger partial charge in [-0.2, -0.15) is 0 Å². The maximum Gasteiger partial charge on any atom is 0.243 e. The Hall–Kier alpha value is -0.980. The molecule has 1 saturated heterocycles. The highest BCUT2D eigenvalue weighted by Crippen LogP contribution is 2.18. The molecule has 0 aliphatic carbocycles. The Kier molecular flexibility index (Phi) is 6.35. The summed E-state index contributed by atoms with van der Waals surface area (Å²) in [7, 11) is -3.79. The summed E-state index contributed by atoms with van der Waals surface area (Å²) in [4.78, 5) is 2.09. The number of benzene rings is 1. The van der Waals surface area contributed by atoms with Crippen LogP contribution in [0.4, 0.5) is 4.39 Å². The van der Waals surface area contributed by atoms with E-state index in [2.05, 4.69) is 16.5 Å². The van der Waals surface area contributed by atoms with Crippen molar-refractivity contribution in [3.05, 3.63) is 30.1 Å². The summed E-state index contributed by atoms with van der Waals surface area (Å²) in [5.41, 5.74) is 0. The average molecular weight is 328 g/mol. The highest BCUT2D eigenvalue weighted by atomic mass is 32.2. The second-order valence-electron chi connectivity index (χ2n) is 5.82. The molecule has 2 rings (SSSR count). The van der Waals surface area contributed by atoms with Gasteiger partial charge in [-0.15, -0.1) is 0 Å². The van der Waals surface area contributed by atoms with Gasteiger partial charge in [0.15, 0.2) is 0 Å². The van der Waals surface area contributed by atoms with Gasteiger partial charge in [0.1, 0.15) is 10.7 Å². The van der Waals surface area contributed by atoms with Gasteiger partial charge >= 0.3 is 0 Å². The summed E-state index contributed by atoms with van der Waals surface area (Å²) >= 11 is 0. The monoisotopic (exact) mass is 328 g/mol. The number of halogens is 1. The summed E-state index contributed by atoms with van der Waals surface area (Å²) < 4.78 is 40.7. The molecule has 4 nitrogen and oxygen atoms in total. The first-order chi connectivity index (χ1) is 10.5. The lowest BCUT2D eigenvalue weighted by atomic mass is 10.0. The topological polar surface area (TPSA) is 49.4 Å². The van der Waals surface area contributed by atoms with E-state index in [0.29, 0.717) is 6.54 Å². The molecular weight excluding hydrogens is 303 g/mol. The summed E-state index contributed by atoms with van der Waals surface area (Å²) in [5.74, 6) is -0.707. The molecule has 1 heterocycles. The van der Waals surface area contributed by atoms with E-state index < -0.39 is 15.8 Å². The molecule has 0 unspecified atom stereocenters. The number of nitrogens with zero attached hydrogens (tertiary/aromatic N) is 1. The summed E-state index contributed by atoms with van der Waals surface area (Å²) in [6.07, 6.45) is 5.53. The number of unbranched alkanes of at least 4 members (excludes halogenated alkanes) is 1. The van der Waals surface area contributed by atoms with Crippen molar-refractivity contribution >= 4 is 10.0 Å². The van der Waals surface area contributed by atoms with Crippen LogP contribution in [-0.4, -0.2) is 39.0 Å². The van der Waals surface area contributed by atoms with E-state index in [1.165, 1.54) is 30.7 Å². The third-order valence-electron chi connectivity index (χ3n) is 4.18. The van der Waals surface area contributed by atoms with Crippen LogP contribution in [0.1, 0.15) is 39.0 Å². The molecule has 1 aliphatic rings. The molecule has 1 aliphatic heterocycles. The zero-order chi connectivity index (χ0) is 16.0. The lowest BCUT2D eigenvalue weighted by molar-refractivity contribution is 0.148. The van der Waals surface area contributed by atoms with Gasteiger partial charge in [0.2, 0.25) is 10.0 Å². The standard InChI is InChI=1S/C16H25FN2O2S/c1-2-3-11-19-12-7-6-8-14(19)13-18-22(20,21)16-10-5-4-9-15(16)17/h4-5,9-10,14,18H,2-3,6-8,11-13H2,1H3/t14-/m1/s1. The third-order valence-corrected chi connectivity index (χ3v) is 5.64. The first-order valence-electron chi connectivity index (χ1n) is 8.03. The van der Waals surface area contributed by atoms with Crippen molar-refractivity contribution in [3.8, 4) is 0 Å². The van der Waals surface area contributed by atoms with Crippen LogP contribution in [0, 0.1) is 5.82 Å². The van der Waals surface area contributed by atoms with Crippen molar-refractivity contribution in [2.24, 2.45) is 0 Å². The molecule has 1 atom stereocenters. The molecule has 0 amide bonds. The molecule has 6 heteroatoms. The molecular formula is C16H25FN2O2S. The van der Waals surface area contributed by atoms with E-state index in [1.807, 2.05) is 0 Å². The number of likely N-dealkylation sites (tertiary alicyclic amines) is 1. The Bertz CT molecular complexity index is 577. The maximum atomic E-state index is 13.7. The molecule has 124 valence electrons. The first kappa shape index (κ1) is 17.4. The molecule has 1 aromatic rings. The van der Waals surface area contributed by atoms with Crippen LogP contribution in [-0.2, 0) is 10.0 Å². The predicted octanol–water partition coefficient (Wildman–Crippen LogP) is 2.76. The molecule has 0 saturated carbocycles. The van der Waals surface area contributed by atoms with Gasteiger partial charge in [0.05, 0.1) is 0 Å².